The van der Waals surface area contributed by atoms with E-state index < -0.39 is 0 Å². The zero-order valence-electron chi connectivity index (χ0n) is 15.8. The van der Waals surface area contributed by atoms with Crippen LogP contribution in [0, 0.1) is 13.8 Å². The Hall–Kier alpha value is -3.12. The van der Waals surface area contributed by atoms with Crippen LogP contribution in [0.3, 0.4) is 0 Å². The third-order valence-electron chi connectivity index (χ3n) is 5.67. The van der Waals surface area contributed by atoms with Gasteiger partial charge in [-0.05, 0) is 76.9 Å². The molecule has 4 aromatic rings. The Bertz CT molecular complexity index is 1130. The van der Waals surface area contributed by atoms with Crippen molar-refractivity contribution in [1.29, 1.82) is 0 Å². The smallest absolute Gasteiger partial charge is 0.000728 e. The van der Waals surface area contributed by atoms with Gasteiger partial charge in [-0.2, -0.15) is 0 Å². The molecule has 0 aliphatic heterocycles. The first-order valence-corrected chi connectivity index (χ1v) is 9.58. The molecule has 5 rings (SSSR count). The minimum atomic E-state index is 1.02. The zero-order valence-corrected chi connectivity index (χ0v) is 15.8. The summed E-state index contributed by atoms with van der Waals surface area (Å²) in [4.78, 5) is 0. The molecule has 4 aromatic carbocycles. The average Bonchev–Trinajstić information content (AvgIpc) is 3.07. The summed E-state index contributed by atoms with van der Waals surface area (Å²) in [6.07, 6.45) is 1.02. The van der Waals surface area contributed by atoms with Crippen molar-refractivity contribution < 1.29 is 0 Å². The second-order valence-corrected chi connectivity index (χ2v) is 7.62. The monoisotopic (exact) mass is 346 g/mol. The summed E-state index contributed by atoms with van der Waals surface area (Å²) in [5.74, 6) is 0. The number of rotatable bonds is 2. The fourth-order valence-electron chi connectivity index (χ4n) is 4.13. The maximum Gasteiger partial charge on any atom is -0.000728 e. The van der Waals surface area contributed by atoms with E-state index in [0.717, 1.165) is 6.42 Å². The molecule has 0 aromatic heterocycles. The Morgan fingerprint density at radius 1 is 0.519 bits per heavy atom. The van der Waals surface area contributed by atoms with Gasteiger partial charge in [0.2, 0.25) is 0 Å². The van der Waals surface area contributed by atoms with Gasteiger partial charge < -0.3 is 0 Å². The average molecular weight is 346 g/mol. The largest absolute Gasteiger partial charge is 0.0619 e. The van der Waals surface area contributed by atoms with Crippen molar-refractivity contribution in [2.24, 2.45) is 0 Å². The summed E-state index contributed by atoms with van der Waals surface area (Å²) in [6, 6.07) is 31.4. The third-order valence-corrected chi connectivity index (χ3v) is 5.67. The molecular weight excluding hydrogens is 324 g/mol. The van der Waals surface area contributed by atoms with Crippen LogP contribution in [0.4, 0.5) is 0 Å². The van der Waals surface area contributed by atoms with Crippen molar-refractivity contribution in [3.8, 4) is 33.4 Å². The maximum absolute atomic E-state index is 2.38. The van der Waals surface area contributed by atoms with Crippen LogP contribution in [0.25, 0.3) is 33.4 Å². The minimum absolute atomic E-state index is 1.02. The van der Waals surface area contributed by atoms with Crippen molar-refractivity contribution in [3.63, 3.8) is 0 Å². The molecule has 0 N–H and O–H groups in total. The molecule has 1 aliphatic rings. The van der Waals surface area contributed by atoms with Gasteiger partial charge in [0.15, 0.2) is 0 Å². The highest BCUT2D eigenvalue weighted by Crippen LogP contribution is 2.44. The quantitative estimate of drug-likeness (QED) is 0.317. The molecule has 0 unspecified atom stereocenters. The van der Waals surface area contributed by atoms with Gasteiger partial charge in [0, 0.05) is 0 Å². The lowest BCUT2D eigenvalue weighted by Crippen LogP contribution is -1.91. The summed E-state index contributed by atoms with van der Waals surface area (Å²) in [5, 5.41) is 0. The Morgan fingerprint density at radius 3 is 1.81 bits per heavy atom. The molecule has 0 saturated carbocycles. The first-order chi connectivity index (χ1) is 13.2. The highest BCUT2D eigenvalue weighted by molar-refractivity contribution is 5.89. The fourth-order valence-corrected chi connectivity index (χ4v) is 4.13. The lowest BCUT2D eigenvalue weighted by Gasteiger charge is -2.14. The van der Waals surface area contributed by atoms with Gasteiger partial charge in [-0.15, -0.1) is 0 Å². The van der Waals surface area contributed by atoms with E-state index in [-0.39, 0.29) is 0 Å². The second kappa shape index (κ2) is 6.25. The highest BCUT2D eigenvalue weighted by atomic mass is 14.3. The SMILES string of the molecule is Cc1ccc(-c2cc(-c3ccc(C)cc3)c3c(c2)-c2ccccc2C3)cc1. The maximum atomic E-state index is 2.38. The molecule has 0 amide bonds. The molecule has 27 heavy (non-hydrogen) atoms. The normalized spacial score (nSPS) is 11.9. The van der Waals surface area contributed by atoms with Gasteiger partial charge >= 0.3 is 0 Å². The molecule has 0 bridgehead atoms. The van der Waals surface area contributed by atoms with Crippen molar-refractivity contribution in [3.05, 3.63) is 107 Å². The molecule has 0 heteroatoms. The van der Waals surface area contributed by atoms with E-state index in [2.05, 4.69) is 98.8 Å². The van der Waals surface area contributed by atoms with Crippen LogP contribution in [0.5, 0.6) is 0 Å². The van der Waals surface area contributed by atoms with Crippen LogP contribution in [-0.4, -0.2) is 0 Å². The van der Waals surface area contributed by atoms with Crippen LogP contribution in [0.2, 0.25) is 0 Å². The summed E-state index contributed by atoms with van der Waals surface area (Å²) in [5.41, 5.74) is 13.5. The summed E-state index contributed by atoms with van der Waals surface area (Å²) < 4.78 is 0. The van der Waals surface area contributed by atoms with E-state index in [9.17, 15) is 0 Å². The van der Waals surface area contributed by atoms with Crippen LogP contribution in [-0.2, 0) is 6.42 Å². The van der Waals surface area contributed by atoms with Gasteiger partial charge in [-0.25, -0.2) is 0 Å². The summed E-state index contributed by atoms with van der Waals surface area (Å²) in [7, 11) is 0. The van der Waals surface area contributed by atoms with Crippen LogP contribution in [0.1, 0.15) is 22.3 Å². The minimum Gasteiger partial charge on any atom is -0.0619 e. The lowest BCUT2D eigenvalue weighted by atomic mass is 9.90. The zero-order chi connectivity index (χ0) is 18.4. The van der Waals surface area contributed by atoms with Crippen molar-refractivity contribution in [2.75, 3.05) is 0 Å². The predicted molar refractivity (Wildman–Crippen MR) is 115 cm³/mol. The summed E-state index contributed by atoms with van der Waals surface area (Å²) in [6.45, 7) is 4.28. The summed E-state index contributed by atoms with van der Waals surface area (Å²) >= 11 is 0. The van der Waals surface area contributed by atoms with Gasteiger partial charge in [-0.3, -0.25) is 0 Å². The lowest BCUT2D eigenvalue weighted by molar-refractivity contribution is 1.26. The number of hydrogen-bond donors (Lipinski definition) is 0. The molecule has 1 aliphatic carbocycles. The molecule has 130 valence electrons. The van der Waals surface area contributed by atoms with E-state index >= 15 is 0 Å². The van der Waals surface area contributed by atoms with Crippen molar-refractivity contribution >= 4 is 0 Å². The van der Waals surface area contributed by atoms with Crippen molar-refractivity contribution in [2.45, 2.75) is 20.3 Å². The van der Waals surface area contributed by atoms with Gasteiger partial charge in [-0.1, -0.05) is 83.9 Å². The van der Waals surface area contributed by atoms with Crippen LogP contribution in [0.15, 0.2) is 84.9 Å². The Balaban J connectivity index is 1.76. The Labute approximate surface area is 161 Å². The van der Waals surface area contributed by atoms with E-state index in [4.69, 9.17) is 0 Å². The number of fused-ring (bicyclic) bond motifs is 3. The molecule has 0 spiro atoms. The Morgan fingerprint density at radius 2 is 1.11 bits per heavy atom. The van der Waals surface area contributed by atoms with E-state index in [1.165, 1.54) is 55.6 Å². The number of hydrogen-bond acceptors (Lipinski definition) is 0. The third kappa shape index (κ3) is 2.78. The topological polar surface area (TPSA) is 0 Å². The molecule has 0 radical (unpaired) electrons. The van der Waals surface area contributed by atoms with E-state index in [1.54, 1.807) is 0 Å². The van der Waals surface area contributed by atoms with Gasteiger partial charge in [0.25, 0.3) is 0 Å². The first-order valence-electron chi connectivity index (χ1n) is 9.58. The fraction of sp³-hybridized carbons (Fsp3) is 0.111. The van der Waals surface area contributed by atoms with Gasteiger partial charge in [0.1, 0.15) is 0 Å². The number of aryl methyl sites for hydroxylation is 2. The molecule has 0 atom stereocenters. The predicted octanol–water partition coefficient (Wildman–Crippen LogP) is 7.21. The van der Waals surface area contributed by atoms with Crippen LogP contribution >= 0.6 is 0 Å². The standard InChI is InChI=1S/C27H22/c1-18-7-11-20(12-8-18)23-16-25(21-13-9-19(2)10-14-21)27-15-22-5-3-4-6-24(22)26(27)17-23/h3-14,16-17H,15H2,1-2H3. The van der Waals surface area contributed by atoms with Crippen LogP contribution < -0.4 is 0 Å². The molecule has 0 nitrogen and oxygen atoms in total. The second-order valence-electron chi connectivity index (χ2n) is 7.62. The molecule has 0 fully saturated rings. The van der Waals surface area contributed by atoms with E-state index in [0.29, 0.717) is 0 Å². The number of benzene rings is 4. The first kappa shape index (κ1) is 16.1. The molecule has 0 heterocycles. The molecular formula is C27H22. The van der Waals surface area contributed by atoms with Gasteiger partial charge in [0.05, 0.1) is 0 Å². The molecule has 0 saturated heterocycles. The van der Waals surface area contributed by atoms with E-state index in [1.807, 2.05) is 0 Å². The highest BCUT2D eigenvalue weighted by Gasteiger charge is 2.22. The Kier molecular flexibility index (Phi) is 3.72. The van der Waals surface area contributed by atoms with Crippen molar-refractivity contribution in [1.82, 2.24) is 0 Å².